The number of rotatable bonds is 11. The van der Waals surface area contributed by atoms with Crippen molar-refractivity contribution in [2.45, 2.75) is 24.9 Å². The minimum absolute atomic E-state index is 0.0126. The van der Waals surface area contributed by atoms with Crippen molar-refractivity contribution in [1.82, 2.24) is 10.6 Å². The summed E-state index contributed by atoms with van der Waals surface area (Å²) in [5.41, 5.74) is 5.81. The van der Waals surface area contributed by atoms with E-state index >= 15 is 0 Å². The van der Waals surface area contributed by atoms with E-state index in [9.17, 15) is 24.0 Å². The lowest BCUT2D eigenvalue weighted by Crippen LogP contribution is -2.49. The third-order valence-electron chi connectivity index (χ3n) is 3.31. The minimum Gasteiger partial charge on any atom is -0.480 e. The van der Waals surface area contributed by atoms with E-state index in [1.165, 1.54) is 24.3 Å². The van der Waals surface area contributed by atoms with Crippen LogP contribution in [0.3, 0.4) is 0 Å². The van der Waals surface area contributed by atoms with Crippen molar-refractivity contribution in [2.24, 2.45) is 10.1 Å². The summed E-state index contributed by atoms with van der Waals surface area (Å²) in [6.45, 7) is -0.623. The zero-order valence-corrected chi connectivity index (χ0v) is 15.5. The van der Waals surface area contributed by atoms with Crippen molar-refractivity contribution in [3.8, 4) is 0 Å². The van der Waals surface area contributed by atoms with E-state index in [2.05, 4.69) is 15.0 Å². The number of carbonyl (C=O) groups excluding carboxylic acids is 3. The smallest absolute Gasteiger partial charge is 0.322 e. The summed E-state index contributed by atoms with van der Waals surface area (Å²) < 4.78 is 4.10. The number of hydrogen-bond donors (Lipinski definition) is 5. The molecule has 2 atom stereocenters. The number of aliphatic carboxylic acids is 2. The van der Waals surface area contributed by atoms with E-state index in [0.717, 1.165) is 11.9 Å². The quantitative estimate of drug-likeness (QED) is 0.202. The predicted octanol–water partition coefficient (Wildman–Crippen LogP) is -1.35. The van der Waals surface area contributed by atoms with Gasteiger partial charge in [0.1, 0.15) is 18.6 Å². The number of carboxylic acid groups (broad SMARTS) is 2. The number of nitrogens with one attached hydrogen (secondary N) is 2. The van der Waals surface area contributed by atoms with Crippen molar-refractivity contribution in [1.29, 1.82) is 0 Å². The summed E-state index contributed by atoms with van der Waals surface area (Å²) in [4.78, 5) is 56.4. The number of amides is 2. The zero-order chi connectivity index (χ0) is 21.1. The van der Waals surface area contributed by atoms with Crippen LogP contribution in [-0.4, -0.2) is 69.8 Å². The molecule has 0 aromatic heterocycles. The van der Waals surface area contributed by atoms with E-state index in [4.69, 9.17) is 15.9 Å². The summed E-state index contributed by atoms with van der Waals surface area (Å²) in [6, 6.07) is -2.31. The maximum Gasteiger partial charge on any atom is 0.322 e. The van der Waals surface area contributed by atoms with Crippen molar-refractivity contribution >= 4 is 47.2 Å². The molecule has 0 bridgehead atoms. The number of carbonyl (C=O) groups is 5. The highest BCUT2D eigenvalue weighted by atomic mass is 32.2. The first-order valence-corrected chi connectivity index (χ1v) is 9.00. The van der Waals surface area contributed by atoms with E-state index < -0.39 is 42.4 Å². The molecule has 0 fully saturated rings. The highest BCUT2D eigenvalue weighted by Gasteiger charge is 2.22. The second-order valence-electron chi connectivity index (χ2n) is 5.60. The van der Waals surface area contributed by atoms with Gasteiger partial charge in [0.15, 0.2) is 5.78 Å². The summed E-state index contributed by atoms with van der Waals surface area (Å²) in [6.07, 6.45) is 5.28. The lowest BCUT2D eigenvalue weighted by molar-refractivity contribution is -0.139. The fourth-order valence-electron chi connectivity index (χ4n) is 1.84. The number of nitrogens with zero attached hydrogens (tertiary/aromatic N) is 1. The molecule has 12 heteroatoms. The molecule has 0 aromatic rings. The van der Waals surface area contributed by atoms with Crippen molar-refractivity contribution in [3.63, 3.8) is 0 Å². The van der Waals surface area contributed by atoms with Gasteiger partial charge in [-0.15, -0.1) is 0 Å². The Morgan fingerprint density at radius 2 is 1.79 bits per heavy atom. The zero-order valence-electron chi connectivity index (χ0n) is 14.7. The molecule has 1 aliphatic carbocycles. The molecule has 11 nitrogen and oxygen atoms in total. The topological polar surface area (TPSA) is 188 Å². The summed E-state index contributed by atoms with van der Waals surface area (Å²) >= 11 is 0.935. The average molecular weight is 412 g/mol. The first-order chi connectivity index (χ1) is 13.2. The molecule has 0 aromatic carbocycles. The monoisotopic (exact) mass is 412 g/mol. The molecular formula is C16H20N4O7S. The fraction of sp³-hybridized carbons (Fsp3) is 0.375. The van der Waals surface area contributed by atoms with Gasteiger partial charge >= 0.3 is 11.9 Å². The van der Waals surface area contributed by atoms with Crippen LogP contribution in [0.4, 0.5) is 0 Å². The highest BCUT2D eigenvalue weighted by molar-refractivity contribution is 7.98. The largest absolute Gasteiger partial charge is 0.480 e. The molecule has 0 aliphatic heterocycles. The van der Waals surface area contributed by atoms with Crippen LogP contribution in [-0.2, 0) is 24.0 Å². The maximum absolute atomic E-state index is 12.1. The lowest BCUT2D eigenvalue weighted by atomic mass is 10.1. The molecule has 0 saturated heterocycles. The Labute approximate surface area is 164 Å². The van der Waals surface area contributed by atoms with Gasteiger partial charge in [0.05, 0.1) is 5.71 Å². The van der Waals surface area contributed by atoms with Gasteiger partial charge in [-0.25, -0.2) is 4.40 Å². The lowest BCUT2D eigenvalue weighted by Gasteiger charge is -2.17. The van der Waals surface area contributed by atoms with E-state index in [1.807, 2.05) is 0 Å². The number of carboxylic acids is 2. The molecule has 6 N–H and O–H groups in total. The van der Waals surface area contributed by atoms with Gasteiger partial charge in [0.2, 0.25) is 11.8 Å². The summed E-state index contributed by atoms with van der Waals surface area (Å²) in [7, 11) is 0. The molecule has 0 saturated carbocycles. The normalized spacial score (nSPS) is 14.9. The Balaban J connectivity index is 2.65. The van der Waals surface area contributed by atoms with Crippen molar-refractivity contribution < 1.29 is 34.2 Å². The minimum atomic E-state index is -1.25. The molecule has 28 heavy (non-hydrogen) atoms. The van der Waals surface area contributed by atoms with Crippen molar-refractivity contribution in [2.75, 3.05) is 12.3 Å². The van der Waals surface area contributed by atoms with Gasteiger partial charge in [-0.05, 0) is 42.7 Å². The van der Waals surface area contributed by atoms with Crippen LogP contribution in [0.25, 0.3) is 0 Å². The second kappa shape index (κ2) is 11.7. The summed E-state index contributed by atoms with van der Waals surface area (Å²) in [5.74, 6) is -4.02. The molecule has 0 heterocycles. The number of allylic oxidation sites excluding steroid dienone is 4. The molecule has 0 radical (unpaired) electrons. The van der Waals surface area contributed by atoms with Crippen LogP contribution in [0, 0.1) is 0 Å². The van der Waals surface area contributed by atoms with Crippen LogP contribution in [0.1, 0.15) is 12.8 Å². The van der Waals surface area contributed by atoms with Crippen molar-refractivity contribution in [3.05, 3.63) is 24.3 Å². The Hall–Kier alpha value is -2.99. The number of hydrogen-bond acceptors (Lipinski definition) is 8. The fourth-order valence-corrected chi connectivity index (χ4v) is 2.57. The van der Waals surface area contributed by atoms with E-state index in [0.29, 0.717) is 5.71 Å². The second-order valence-corrected chi connectivity index (χ2v) is 6.37. The van der Waals surface area contributed by atoms with Gasteiger partial charge in [-0.2, -0.15) is 0 Å². The molecule has 0 unspecified atom stereocenters. The SMILES string of the molecule is N[C@@H](CCC(=O)N[C@@H](CSN=C1C=CC(=O)C=C1)C(=O)NCC(=O)O)C(=O)O. The average Bonchev–Trinajstić information content (AvgIpc) is 2.64. The predicted molar refractivity (Wildman–Crippen MR) is 101 cm³/mol. The van der Waals surface area contributed by atoms with Gasteiger partial charge < -0.3 is 26.6 Å². The van der Waals surface area contributed by atoms with Crippen LogP contribution in [0.5, 0.6) is 0 Å². The molecule has 2 amide bonds. The molecule has 152 valence electrons. The standard InChI is InChI=1S/C16H20N4O7S/c17-11(16(26)27)5-6-13(22)19-12(15(25)18-7-14(23)24)8-28-20-9-1-3-10(21)4-2-9/h1-4,11-12H,5-8,17H2,(H,18,25)(H,19,22)(H,23,24)(H,26,27)/t11-,12-/m0/s1. The molecule has 1 aliphatic rings. The third-order valence-corrected chi connectivity index (χ3v) is 4.14. The first kappa shape index (κ1) is 23.0. The van der Waals surface area contributed by atoms with Gasteiger partial charge in [-0.1, -0.05) is 0 Å². The van der Waals surface area contributed by atoms with Crippen LogP contribution >= 0.6 is 11.9 Å². The Morgan fingerprint density at radius 3 is 2.36 bits per heavy atom. The molecular weight excluding hydrogens is 392 g/mol. The van der Waals surface area contributed by atoms with Crippen LogP contribution in [0.2, 0.25) is 0 Å². The van der Waals surface area contributed by atoms with E-state index in [1.54, 1.807) is 0 Å². The van der Waals surface area contributed by atoms with Crippen LogP contribution < -0.4 is 16.4 Å². The third kappa shape index (κ3) is 9.09. The Bertz CT molecular complexity index is 715. The van der Waals surface area contributed by atoms with Gasteiger partial charge in [0.25, 0.3) is 0 Å². The Morgan fingerprint density at radius 1 is 1.14 bits per heavy atom. The van der Waals surface area contributed by atoms with E-state index in [-0.39, 0.29) is 24.4 Å². The highest BCUT2D eigenvalue weighted by Crippen LogP contribution is 2.09. The van der Waals surface area contributed by atoms with Crippen LogP contribution in [0.15, 0.2) is 28.7 Å². The number of ketones is 1. The van der Waals surface area contributed by atoms with Gasteiger partial charge in [0, 0.05) is 12.2 Å². The maximum atomic E-state index is 12.1. The van der Waals surface area contributed by atoms with Gasteiger partial charge in [-0.3, -0.25) is 24.0 Å². The first-order valence-electron chi connectivity index (χ1n) is 8.06. The summed E-state index contributed by atoms with van der Waals surface area (Å²) in [5, 5.41) is 21.9. The molecule has 0 spiro atoms. The number of nitrogens with two attached hydrogens (primary N) is 1. The molecule has 1 rings (SSSR count). The Kier molecular flexibility index (Phi) is 9.60.